The van der Waals surface area contributed by atoms with Crippen molar-refractivity contribution in [2.75, 3.05) is 0 Å². The normalized spacial score (nSPS) is 12.9. The standard InChI is InChI=1S/C12H15BrO/c1-9(2)11(8-14)7-10-5-3-4-6-12(10)13/h3-6,8-9,11H,7H2,1-2H3. The molecule has 14 heavy (non-hydrogen) atoms. The highest BCUT2D eigenvalue weighted by Gasteiger charge is 2.13. The van der Waals surface area contributed by atoms with E-state index in [0.29, 0.717) is 5.92 Å². The van der Waals surface area contributed by atoms with Crippen molar-refractivity contribution in [3.63, 3.8) is 0 Å². The molecular weight excluding hydrogens is 240 g/mol. The molecule has 1 aromatic carbocycles. The van der Waals surface area contributed by atoms with Crippen LogP contribution in [0.5, 0.6) is 0 Å². The minimum Gasteiger partial charge on any atom is -0.303 e. The molecule has 0 aliphatic rings. The van der Waals surface area contributed by atoms with Gasteiger partial charge in [0.25, 0.3) is 0 Å². The molecule has 76 valence electrons. The Morgan fingerprint density at radius 2 is 2.00 bits per heavy atom. The first kappa shape index (κ1) is 11.4. The van der Waals surface area contributed by atoms with E-state index in [1.807, 2.05) is 18.2 Å². The lowest BCUT2D eigenvalue weighted by Gasteiger charge is -2.14. The Morgan fingerprint density at radius 1 is 1.36 bits per heavy atom. The van der Waals surface area contributed by atoms with Crippen LogP contribution in [0.2, 0.25) is 0 Å². The molecule has 1 nitrogen and oxygen atoms in total. The topological polar surface area (TPSA) is 17.1 Å². The highest BCUT2D eigenvalue weighted by atomic mass is 79.9. The van der Waals surface area contributed by atoms with Crippen LogP contribution in [-0.4, -0.2) is 6.29 Å². The summed E-state index contributed by atoms with van der Waals surface area (Å²) in [6, 6.07) is 8.06. The molecule has 1 atom stereocenters. The predicted molar refractivity (Wildman–Crippen MR) is 62.2 cm³/mol. The maximum absolute atomic E-state index is 10.8. The van der Waals surface area contributed by atoms with Gasteiger partial charge in [-0.3, -0.25) is 0 Å². The van der Waals surface area contributed by atoms with Gasteiger partial charge in [-0.15, -0.1) is 0 Å². The number of hydrogen-bond donors (Lipinski definition) is 0. The average molecular weight is 255 g/mol. The summed E-state index contributed by atoms with van der Waals surface area (Å²) >= 11 is 3.49. The Morgan fingerprint density at radius 3 is 2.50 bits per heavy atom. The number of benzene rings is 1. The molecule has 0 saturated heterocycles. The van der Waals surface area contributed by atoms with E-state index in [2.05, 4.69) is 35.8 Å². The summed E-state index contributed by atoms with van der Waals surface area (Å²) < 4.78 is 1.09. The van der Waals surface area contributed by atoms with Gasteiger partial charge < -0.3 is 4.79 Å². The lowest BCUT2D eigenvalue weighted by Crippen LogP contribution is -2.13. The van der Waals surface area contributed by atoms with Crippen LogP contribution in [0.3, 0.4) is 0 Å². The van der Waals surface area contributed by atoms with E-state index >= 15 is 0 Å². The van der Waals surface area contributed by atoms with E-state index < -0.39 is 0 Å². The van der Waals surface area contributed by atoms with Crippen LogP contribution in [0.15, 0.2) is 28.7 Å². The number of carbonyl (C=O) groups excluding carboxylic acids is 1. The molecule has 0 aromatic heterocycles. The van der Waals surface area contributed by atoms with Gasteiger partial charge in [-0.2, -0.15) is 0 Å². The van der Waals surface area contributed by atoms with Gasteiger partial charge in [0.15, 0.2) is 0 Å². The molecule has 0 fully saturated rings. The van der Waals surface area contributed by atoms with Crippen molar-refractivity contribution in [2.24, 2.45) is 11.8 Å². The quantitative estimate of drug-likeness (QED) is 0.753. The van der Waals surface area contributed by atoms with Crippen molar-refractivity contribution in [3.05, 3.63) is 34.3 Å². The van der Waals surface area contributed by atoms with Crippen molar-refractivity contribution in [1.82, 2.24) is 0 Å². The molecule has 0 spiro atoms. The molecule has 0 aliphatic heterocycles. The van der Waals surface area contributed by atoms with E-state index in [-0.39, 0.29) is 5.92 Å². The molecule has 2 heteroatoms. The summed E-state index contributed by atoms with van der Waals surface area (Å²) in [4.78, 5) is 10.8. The Hall–Kier alpha value is -0.630. The van der Waals surface area contributed by atoms with Gasteiger partial charge in [0, 0.05) is 10.4 Å². The van der Waals surface area contributed by atoms with Gasteiger partial charge in [-0.1, -0.05) is 48.0 Å². The maximum atomic E-state index is 10.8. The fourth-order valence-electron chi connectivity index (χ4n) is 1.36. The average Bonchev–Trinajstić information content (AvgIpc) is 2.16. The minimum absolute atomic E-state index is 0.119. The molecule has 0 heterocycles. The van der Waals surface area contributed by atoms with E-state index in [1.165, 1.54) is 5.56 Å². The number of hydrogen-bond acceptors (Lipinski definition) is 1. The molecule has 0 bridgehead atoms. The third-order valence-electron chi connectivity index (χ3n) is 2.44. The second-order valence-corrected chi connectivity index (χ2v) is 4.69. The first-order chi connectivity index (χ1) is 6.65. The Labute approximate surface area is 93.7 Å². The fraction of sp³-hybridized carbons (Fsp3) is 0.417. The van der Waals surface area contributed by atoms with Crippen molar-refractivity contribution in [1.29, 1.82) is 0 Å². The van der Waals surface area contributed by atoms with Gasteiger partial charge >= 0.3 is 0 Å². The van der Waals surface area contributed by atoms with Crippen LogP contribution < -0.4 is 0 Å². The van der Waals surface area contributed by atoms with E-state index in [9.17, 15) is 4.79 Å². The van der Waals surface area contributed by atoms with Gasteiger partial charge in [-0.05, 0) is 24.0 Å². The van der Waals surface area contributed by atoms with Gasteiger partial charge in [0.05, 0.1) is 0 Å². The lowest BCUT2D eigenvalue weighted by atomic mass is 9.91. The second kappa shape index (κ2) is 5.30. The SMILES string of the molecule is CC(C)C(C=O)Cc1ccccc1Br. The molecule has 0 N–H and O–H groups in total. The van der Waals surface area contributed by atoms with Crippen LogP contribution in [0.1, 0.15) is 19.4 Å². The van der Waals surface area contributed by atoms with Crippen LogP contribution >= 0.6 is 15.9 Å². The summed E-state index contributed by atoms with van der Waals surface area (Å²) in [5, 5.41) is 0. The van der Waals surface area contributed by atoms with E-state index in [0.717, 1.165) is 17.2 Å². The van der Waals surface area contributed by atoms with Crippen LogP contribution in [0, 0.1) is 11.8 Å². The molecule has 0 radical (unpaired) electrons. The number of rotatable bonds is 4. The summed E-state index contributed by atoms with van der Waals surface area (Å²) in [5.74, 6) is 0.522. The van der Waals surface area contributed by atoms with Crippen LogP contribution in [-0.2, 0) is 11.2 Å². The predicted octanol–water partition coefficient (Wildman–Crippen LogP) is 3.46. The van der Waals surface area contributed by atoms with Gasteiger partial charge in [-0.25, -0.2) is 0 Å². The Balaban J connectivity index is 2.77. The minimum atomic E-state index is 0.119. The highest BCUT2D eigenvalue weighted by Crippen LogP contribution is 2.21. The smallest absolute Gasteiger partial charge is 0.123 e. The fourth-order valence-corrected chi connectivity index (χ4v) is 1.81. The first-order valence-electron chi connectivity index (χ1n) is 4.84. The molecular formula is C12H15BrO. The zero-order valence-electron chi connectivity index (χ0n) is 8.53. The number of halogens is 1. The first-order valence-corrected chi connectivity index (χ1v) is 5.63. The monoisotopic (exact) mass is 254 g/mol. The number of carbonyl (C=O) groups is 1. The highest BCUT2D eigenvalue weighted by molar-refractivity contribution is 9.10. The molecule has 1 rings (SSSR count). The maximum Gasteiger partial charge on any atom is 0.123 e. The summed E-state index contributed by atoms with van der Waals surface area (Å²) in [6.45, 7) is 4.16. The molecule has 0 saturated carbocycles. The lowest BCUT2D eigenvalue weighted by molar-refractivity contribution is -0.112. The molecule has 1 unspecified atom stereocenters. The van der Waals surface area contributed by atoms with Crippen LogP contribution in [0.25, 0.3) is 0 Å². The van der Waals surface area contributed by atoms with Gasteiger partial charge in [0.2, 0.25) is 0 Å². The third kappa shape index (κ3) is 2.95. The van der Waals surface area contributed by atoms with Crippen molar-refractivity contribution in [3.8, 4) is 0 Å². The van der Waals surface area contributed by atoms with Crippen molar-refractivity contribution >= 4 is 22.2 Å². The summed E-state index contributed by atoms with van der Waals surface area (Å²) in [7, 11) is 0. The van der Waals surface area contributed by atoms with E-state index in [4.69, 9.17) is 0 Å². The van der Waals surface area contributed by atoms with E-state index in [1.54, 1.807) is 0 Å². The number of aldehydes is 1. The molecule has 1 aromatic rings. The van der Waals surface area contributed by atoms with Gasteiger partial charge in [0.1, 0.15) is 6.29 Å². The Kier molecular flexibility index (Phi) is 4.33. The summed E-state index contributed by atoms with van der Waals surface area (Å²) in [5.41, 5.74) is 1.21. The second-order valence-electron chi connectivity index (χ2n) is 3.84. The zero-order valence-corrected chi connectivity index (χ0v) is 10.1. The van der Waals surface area contributed by atoms with Crippen molar-refractivity contribution in [2.45, 2.75) is 20.3 Å². The van der Waals surface area contributed by atoms with Crippen LogP contribution in [0.4, 0.5) is 0 Å². The Bertz CT molecular complexity index is 307. The molecule has 0 amide bonds. The molecule has 0 aliphatic carbocycles. The largest absolute Gasteiger partial charge is 0.303 e. The third-order valence-corrected chi connectivity index (χ3v) is 3.22. The van der Waals surface area contributed by atoms with Crippen molar-refractivity contribution < 1.29 is 4.79 Å². The zero-order chi connectivity index (χ0) is 10.6. The summed E-state index contributed by atoms with van der Waals surface area (Å²) in [6.07, 6.45) is 1.88.